The zero-order chi connectivity index (χ0) is 15.3. The summed E-state index contributed by atoms with van der Waals surface area (Å²) in [5.74, 6) is 0. The zero-order valence-electron chi connectivity index (χ0n) is 12.6. The highest BCUT2D eigenvalue weighted by Crippen LogP contribution is 2.17. The van der Waals surface area contributed by atoms with E-state index in [1.54, 1.807) is 12.1 Å². The highest BCUT2D eigenvalue weighted by Gasteiger charge is 2.24. The topological polar surface area (TPSA) is 67.4 Å². The van der Waals surface area contributed by atoms with Crippen LogP contribution in [0.2, 0.25) is 0 Å². The van der Waals surface area contributed by atoms with E-state index in [-0.39, 0.29) is 12.1 Å². The normalized spacial score (nSPS) is 23.1. The van der Waals surface area contributed by atoms with Crippen molar-refractivity contribution in [3.8, 4) is 0 Å². The Morgan fingerprint density at radius 3 is 2.62 bits per heavy atom. The Bertz CT molecular complexity index is 543. The molecule has 1 heterocycles. The number of nitrogens with one attached hydrogen (secondary N) is 2. The van der Waals surface area contributed by atoms with Gasteiger partial charge in [-0.1, -0.05) is 19.1 Å². The molecule has 5 nitrogen and oxygen atoms in total. The Labute approximate surface area is 127 Å². The van der Waals surface area contributed by atoms with Gasteiger partial charge in [0.05, 0.1) is 11.0 Å². The van der Waals surface area contributed by atoms with Gasteiger partial charge in [0.2, 0.25) is 10.0 Å². The SMILES string of the molecule is CCNCc1ccc(S(=O)(=O)NC2CCOC(C)C2)cc1. The van der Waals surface area contributed by atoms with Gasteiger partial charge in [-0.05, 0) is 44.0 Å². The second-order valence-electron chi connectivity index (χ2n) is 5.45. The van der Waals surface area contributed by atoms with E-state index in [0.29, 0.717) is 11.5 Å². The molecule has 1 saturated heterocycles. The maximum atomic E-state index is 12.4. The molecule has 1 aromatic rings. The summed E-state index contributed by atoms with van der Waals surface area (Å²) in [4.78, 5) is 0.321. The monoisotopic (exact) mass is 312 g/mol. The van der Waals surface area contributed by atoms with Crippen LogP contribution in [0.5, 0.6) is 0 Å². The van der Waals surface area contributed by atoms with Crippen molar-refractivity contribution in [3.63, 3.8) is 0 Å². The lowest BCUT2D eigenvalue weighted by molar-refractivity contribution is 0.0173. The summed E-state index contributed by atoms with van der Waals surface area (Å²) in [5.41, 5.74) is 1.08. The summed E-state index contributed by atoms with van der Waals surface area (Å²) in [6, 6.07) is 6.99. The average Bonchev–Trinajstić information content (AvgIpc) is 2.45. The molecule has 0 saturated carbocycles. The summed E-state index contributed by atoms with van der Waals surface area (Å²) in [5, 5.41) is 3.21. The second-order valence-corrected chi connectivity index (χ2v) is 7.16. The van der Waals surface area contributed by atoms with Gasteiger partial charge in [-0.2, -0.15) is 0 Å². The molecule has 0 aliphatic carbocycles. The zero-order valence-corrected chi connectivity index (χ0v) is 13.4. The highest BCUT2D eigenvalue weighted by atomic mass is 32.2. The van der Waals surface area contributed by atoms with E-state index >= 15 is 0 Å². The van der Waals surface area contributed by atoms with E-state index in [1.165, 1.54) is 0 Å². The summed E-state index contributed by atoms with van der Waals surface area (Å²) >= 11 is 0. The molecule has 1 aliphatic rings. The Balaban J connectivity index is 2.01. The van der Waals surface area contributed by atoms with E-state index in [4.69, 9.17) is 4.74 Å². The first-order valence-corrected chi connectivity index (χ1v) is 8.93. The molecule has 118 valence electrons. The molecule has 1 aromatic carbocycles. The third kappa shape index (κ3) is 4.78. The highest BCUT2D eigenvalue weighted by molar-refractivity contribution is 7.89. The van der Waals surface area contributed by atoms with Gasteiger partial charge in [0, 0.05) is 19.2 Å². The van der Waals surface area contributed by atoms with Crippen molar-refractivity contribution < 1.29 is 13.2 Å². The number of hydrogen-bond acceptors (Lipinski definition) is 4. The minimum absolute atomic E-state index is 0.0415. The second kappa shape index (κ2) is 7.35. The van der Waals surface area contributed by atoms with Gasteiger partial charge in [-0.3, -0.25) is 0 Å². The van der Waals surface area contributed by atoms with E-state index in [2.05, 4.69) is 10.0 Å². The summed E-state index contributed by atoms with van der Waals surface area (Å²) < 4.78 is 33.0. The number of hydrogen-bond donors (Lipinski definition) is 2. The van der Waals surface area contributed by atoms with Crippen molar-refractivity contribution in [2.24, 2.45) is 0 Å². The lowest BCUT2D eigenvalue weighted by atomic mass is 10.1. The molecule has 1 fully saturated rings. The van der Waals surface area contributed by atoms with Gasteiger partial charge in [0.15, 0.2) is 0 Å². The first kappa shape index (κ1) is 16.4. The van der Waals surface area contributed by atoms with Gasteiger partial charge in [0.1, 0.15) is 0 Å². The van der Waals surface area contributed by atoms with Gasteiger partial charge >= 0.3 is 0 Å². The third-order valence-corrected chi connectivity index (χ3v) is 5.16. The van der Waals surface area contributed by atoms with E-state index in [9.17, 15) is 8.42 Å². The van der Waals surface area contributed by atoms with Crippen LogP contribution in [0, 0.1) is 0 Å². The van der Waals surface area contributed by atoms with Crippen LogP contribution in [0.15, 0.2) is 29.2 Å². The van der Waals surface area contributed by atoms with Crippen LogP contribution >= 0.6 is 0 Å². The van der Waals surface area contributed by atoms with Crippen molar-refractivity contribution >= 4 is 10.0 Å². The van der Waals surface area contributed by atoms with Gasteiger partial charge in [-0.25, -0.2) is 13.1 Å². The fraction of sp³-hybridized carbons (Fsp3) is 0.600. The molecule has 2 N–H and O–H groups in total. The Hall–Kier alpha value is -0.950. The summed E-state index contributed by atoms with van der Waals surface area (Å²) in [6.45, 7) is 6.26. The molecule has 2 atom stereocenters. The van der Waals surface area contributed by atoms with E-state index in [1.807, 2.05) is 26.0 Å². The van der Waals surface area contributed by atoms with Crippen molar-refractivity contribution in [1.29, 1.82) is 0 Å². The van der Waals surface area contributed by atoms with Crippen molar-refractivity contribution in [2.45, 2.75) is 50.3 Å². The molecule has 0 spiro atoms. The lowest BCUT2D eigenvalue weighted by Gasteiger charge is -2.27. The summed E-state index contributed by atoms with van der Waals surface area (Å²) in [7, 11) is -3.45. The number of rotatable bonds is 6. The smallest absolute Gasteiger partial charge is 0.240 e. The van der Waals surface area contributed by atoms with Crippen molar-refractivity contribution in [1.82, 2.24) is 10.0 Å². The third-order valence-electron chi connectivity index (χ3n) is 3.62. The van der Waals surface area contributed by atoms with Crippen LogP contribution in [-0.2, 0) is 21.3 Å². The molecule has 1 aliphatic heterocycles. The molecule has 6 heteroatoms. The van der Waals surface area contributed by atoms with Crippen molar-refractivity contribution in [3.05, 3.63) is 29.8 Å². The number of benzene rings is 1. The quantitative estimate of drug-likeness (QED) is 0.838. The molecule has 2 rings (SSSR count). The van der Waals surface area contributed by atoms with E-state index in [0.717, 1.165) is 31.5 Å². The first-order valence-electron chi connectivity index (χ1n) is 7.45. The Morgan fingerprint density at radius 2 is 2.00 bits per heavy atom. The Morgan fingerprint density at radius 1 is 1.29 bits per heavy atom. The fourth-order valence-electron chi connectivity index (χ4n) is 2.45. The predicted octanol–water partition coefficient (Wildman–Crippen LogP) is 1.64. The molecule has 0 aromatic heterocycles. The first-order chi connectivity index (χ1) is 10.0. The minimum Gasteiger partial charge on any atom is -0.378 e. The maximum Gasteiger partial charge on any atom is 0.240 e. The molecule has 21 heavy (non-hydrogen) atoms. The molecular weight excluding hydrogens is 288 g/mol. The fourth-order valence-corrected chi connectivity index (χ4v) is 3.73. The van der Waals surface area contributed by atoms with E-state index < -0.39 is 10.0 Å². The lowest BCUT2D eigenvalue weighted by Crippen LogP contribution is -2.41. The standard InChI is InChI=1S/C15H24N2O3S/c1-3-16-11-13-4-6-15(7-5-13)21(18,19)17-14-8-9-20-12(2)10-14/h4-7,12,14,16-17H,3,8-11H2,1-2H3. The van der Waals surface area contributed by atoms with Crippen LogP contribution in [0.1, 0.15) is 32.3 Å². The molecule has 0 bridgehead atoms. The van der Waals surface area contributed by atoms with Crippen LogP contribution < -0.4 is 10.0 Å². The van der Waals surface area contributed by atoms with Crippen LogP contribution in [-0.4, -0.2) is 33.7 Å². The molecule has 2 unspecified atom stereocenters. The molecule has 0 radical (unpaired) electrons. The van der Waals surface area contributed by atoms with Gasteiger partial charge < -0.3 is 10.1 Å². The maximum absolute atomic E-state index is 12.4. The van der Waals surface area contributed by atoms with Crippen LogP contribution in [0.4, 0.5) is 0 Å². The largest absolute Gasteiger partial charge is 0.378 e. The predicted molar refractivity (Wildman–Crippen MR) is 82.6 cm³/mol. The van der Waals surface area contributed by atoms with Crippen LogP contribution in [0.3, 0.4) is 0 Å². The average molecular weight is 312 g/mol. The van der Waals surface area contributed by atoms with Crippen molar-refractivity contribution in [2.75, 3.05) is 13.2 Å². The number of ether oxygens (including phenoxy) is 1. The number of sulfonamides is 1. The summed E-state index contributed by atoms with van der Waals surface area (Å²) in [6.07, 6.45) is 1.55. The van der Waals surface area contributed by atoms with Gasteiger partial charge in [0.25, 0.3) is 0 Å². The Kier molecular flexibility index (Phi) is 5.75. The van der Waals surface area contributed by atoms with Gasteiger partial charge in [-0.15, -0.1) is 0 Å². The molecule has 0 amide bonds. The van der Waals surface area contributed by atoms with Crippen LogP contribution in [0.25, 0.3) is 0 Å². The molecular formula is C15H24N2O3S. The minimum atomic E-state index is -3.45.